The monoisotopic (exact) mass is 680 g/mol. The Labute approximate surface area is 292 Å². The molecule has 0 radical (unpaired) electrons. The van der Waals surface area contributed by atoms with Gasteiger partial charge in [-0.05, 0) is 56.9 Å². The van der Waals surface area contributed by atoms with Crippen LogP contribution in [0.4, 0.5) is 0 Å². The summed E-state index contributed by atoms with van der Waals surface area (Å²) in [4.78, 5) is 48.6. The van der Waals surface area contributed by atoms with Gasteiger partial charge in [0.1, 0.15) is 23.9 Å². The third-order valence-corrected chi connectivity index (χ3v) is 9.31. The summed E-state index contributed by atoms with van der Waals surface area (Å²) in [5, 5.41) is 20.3. The lowest BCUT2D eigenvalue weighted by Crippen LogP contribution is -2.59. The third-order valence-electron chi connectivity index (χ3n) is 9.31. The Bertz CT molecular complexity index is 1290. The second kappa shape index (κ2) is 19.6. The fraction of sp³-hybridized carbons (Fsp3) is 0.632. The van der Waals surface area contributed by atoms with E-state index in [4.69, 9.17) is 10.5 Å². The van der Waals surface area contributed by atoms with E-state index in [1.165, 1.54) is 6.42 Å². The van der Waals surface area contributed by atoms with E-state index in [1.807, 2.05) is 57.2 Å². The molecule has 3 amide bonds. The van der Waals surface area contributed by atoms with Crippen LogP contribution in [0, 0.1) is 17.8 Å². The van der Waals surface area contributed by atoms with Gasteiger partial charge in [-0.2, -0.15) is 0 Å². The molecule has 1 aromatic heterocycles. The number of aliphatic hydroxyl groups is 1. The molecule has 7 N–H and O–H groups in total. The molecule has 3 rings (SSSR count). The number of imidazole rings is 1. The molecule has 2 aromatic rings. The van der Waals surface area contributed by atoms with Gasteiger partial charge >= 0.3 is 0 Å². The van der Waals surface area contributed by atoms with Gasteiger partial charge in [0.2, 0.25) is 17.7 Å². The first kappa shape index (κ1) is 39.9. The average molecular weight is 681 g/mol. The first-order valence-electron chi connectivity index (χ1n) is 17.9. The van der Waals surface area contributed by atoms with Gasteiger partial charge < -0.3 is 36.5 Å². The molecule has 1 aromatic carbocycles. The minimum atomic E-state index is -1.03. The summed E-state index contributed by atoms with van der Waals surface area (Å²) in [6.07, 6.45) is 11.3. The minimum Gasteiger partial charge on any atom is -0.391 e. The predicted octanol–water partition coefficient (Wildman–Crippen LogP) is 3.97. The van der Waals surface area contributed by atoms with Crippen LogP contribution in [-0.2, 0) is 32.0 Å². The topological polar surface area (TPSA) is 171 Å². The Morgan fingerprint density at radius 2 is 1.65 bits per heavy atom. The first-order chi connectivity index (χ1) is 23.3. The van der Waals surface area contributed by atoms with Crippen LogP contribution in [-0.4, -0.2) is 75.3 Å². The van der Waals surface area contributed by atoms with Crippen molar-refractivity contribution in [3.63, 3.8) is 0 Å². The van der Waals surface area contributed by atoms with Gasteiger partial charge in [0.15, 0.2) is 0 Å². The zero-order valence-electron chi connectivity index (χ0n) is 30.1. The number of carbonyl (C=O) groups is 3. The number of aromatic amines is 1. The van der Waals surface area contributed by atoms with Gasteiger partial charge in [0.05, 0.1) is 24.4 Å². The Morgan fingerprint density at radius 1 is 1.02 bits per heavy atom. The lowest BCUT2D eigenvalue weighted by molar-refractivity contribution is -0.133. The molecule has 272 valence electrons. The summed E-state index contributed by atoms with van der Waals surface area (Å²) >= 11 is 0. The lowest BCUT2D eigenvalue weighted by Gasteiger charge is -2.33. The van der Waals surface area contributed by atoms with Crippen LogP contribution in [0.3, 0.4) is 0 Å². The number of nitrogens with two attached hydrogens (primary N) is 1. The van der Waals surface area contributed by atoms with Crippen LogP contribution >= 0.6 is 0 Å². The number of ether oxygens (including phenoxy) is 1. The number of hydrogen-bond donors (Lipinski definition) is 6. The second-order valence-electron chi connectivity index (χ2n) is 14.9. The standard InChI is InChI=1S/C38H60N6O5/c1-7-28(25(2)3)22-33(45)30(20-26-14-10-8-11-15-26)42-37(48)32(23-34-40-18-19-41-34)44-36(47)31(21-27-16-12-9-13-17-27)43-35(46)29(39)24-49-38(4,5)6/h7,9,12-13,16-19,25-26,28-33,45H,1,8,10-11,14-15,20-24,39H2,2-6H3,(H,40,41)(H,42,48)(H,43,46)(H,44,47)/t28-,29-,30-,31-,32-,33?/m0/s1. The molecule has 0 aliphatic heterocycles. The Kier molecular flexibility index (Phi) is 16.0. The number of nitrogens with one attached hydrogen (secondary N) is 4. The van der Waals surface area contributed by atoms with E-state index >= 15 is 0 Å². The predicted molar refractivity (Wildman–Crippen MR) is 192 cm³/mol. The number of aromatic nitrogens is 2. The van der Waals surface area contributed by atoms with Crippen molar-refractivity contribution in [3.8, 4) is 0 Å². The van der Waals surface area contributed by atoms with E-state index in [0.717, 1.165) is 31.2 Å². The molecule has 0 spiro atoms. The molecule has 11 heteroatoms. The van der Waals surface area contributed by atoms with Crippen LogP contribution in [0.5, 0.6) is 0 Å². The molecule has 11 nitrogen and oxygen atoms in total. The van der Waals surface area contributed by atoms with Crippen LogP contribution in [0.15, 0.2) is 55.4 Å². The summed E-state index contributed by atoms with van der Waals surface area (Å²) in [5.41, 5.74) is 6.49. The molecule has 1 heterocycles. The molecule has 49 heavy (non-hydrogen) atoms. The number of benzene rings is 1. The van der Waals surface area contributed by atoms with Gasteiger partial charge in [-0.25, -0.2) is 4.98 Å². The van der Waals surface area contributed by atoms with Crippen molar-refractivity contribution in [2.45, 2.75) is 128 Å². The van der Waals surface area contributed by atoms with E-state index in [-0.39, 0.29) is 31.3 Å². The summed E-state index contributed by atoms with van der Waals surface area (Å²) in [7, 11) is 0. The number of H-pyrrole nitrogens is 1. The quantitative estimate of drug-likeness (QED) is 0.122. The van der Waals surface area contributed by atoms with Crippen molar-refractivity contribution in [1.29, 1.82) is 0 Å². The lowest BCUT2D eigenvalue weighted by atomic mass is 9.81. The van der Waals surface area contributed by atoms with Gasteiger partial charge in [-0.15, -0.1) is 6.58 Å². The number of nitrogens with zero attached hydrogens (tertiary/aromatic N) is 1. The maximum atomic E-state index is 14.1. The number of hydrogen-bond acceptors (Lipinski definition) is 7. The molecule has 1 fully saturated rings. The maximum Gasteiger partial charge on any atom is 0.243 e. The highest BCUT2D eigenvalue weighted by atomic mass is 16.5. The van der Waals surface area contributed by atoms with E-state index in [2.05, 4.69) is 46.3 Å². The highest BCUT2D eigenvalue weighted by Gasteiger charge is 2.33. The fourth-order valence-corrected chi connectivity index (χ4v) is 6.30. The molecular formula is C38H60N6O5. The van der Waals surface area contributed by atoms with Crippen molar-refractivity contribution in [3.05, 3.63) is 66.8 Å². The summed E-state index contributed by atoms with van der Waals surface area (Å²) in [5.74, 6) is -0.222. The molecule has 1 aliphatic rings. The molecule has 1 saturated carbocycles. The zero-order valence-corrected chi connectivity index (χ0v) is 30.1. The first-order valence-corrected chi connectivity index (χ1v) is 17.9. The van der Waals surface area contributed by atoms with Gasteiger partial charge in [0, 0.05) is 25.2 Å². The largest absolute Gasteiger partial charge is 0.391 e. The molecule has 0 saturated heterocycles. The van der Waals surface area contributed by atoms with E-state index < -0.39 is 53.6 Å². The molecule has 0 bridgehead atoms. The summed E-state index contributed by atoms with van der Waals surface area (Å²) in [6.45, 7) is 13.7. The Hall–Kier alpha value is -3.54. The molecular weight excluding hydrogens is 620 g/mol. The molecule has 1 unspecified atom stereocenters. The number of aliphatic hydroxyl groups excluding tert-OH is 1. The maximum absolute atomic E-state index is 14.1. The van der Waals surface area contributed by atoms with Crippen molar-refractivity contribution >= 4 is 17.7 Å². The van der Waals surface area contributed by atoms with Crippen LogP contribution in [0.1, 0.15) is 91.0 Å². The highest BCUT2D eigenvalue weighted by Crippen LogP contribution is 2.30. The minimum absolute atomic E-state index is 0.0211. The Morgan fingerprint density at radius 3 is 2.24 bits per heavy atom. The second-order valence-corrected chi connectivity index (χ2v) is 14.9. The third kappa shape index (κ3) is 14.1. The van der Waals surface area contributed by atoms with Crippen molar-refractivity contribution in [2.75, 3.05) is 6.61 Å². The van der Waals surface area contributed by atoms with Crippen LogP contribution in [0.25, 0.3) is 0 Å². The normalized spacial score (nSPS) is 17.7. The number of amides is 3. The smallest absolute Gasteiger partial charge is 0.243 e. The fourth-order valence-electron chi connectivity index (χ4n) is 6.30. The summed E-state index contributed by atoms with van der Waals surface area (Å²) < 4.78 is 5.71. The molecule has 6 atom stereocenters. The average Bonchev–Trinajstić information content (AvgIpc) is 3.58. The van der Waals surface area contributed by atoms with E-state index in [0.29, 0.717) is 24.6 Å². The van der Waals surface area contributed by atoms with Crippen LogP contribution in [0.2, 0.25) is 0 Å². The van der Waals surface area contributed by atoms with Crippen molar-refractivity contribution in [2.24, 2.45) is 23.5 Å². The number of carbonyl (C=O) groups excluding carboxylic acids is 3. The SMILES string of the molecule is C=C[C@@H](CC(O)[C@H](CC1CCCCC1)NC(=O)[C@H](Cc1ncc[nH]1)NC(=O)[C@H](Cc1ccccc1)NC(=O)[C@@H](N)COC(C)(C)C)C(C)C. The highest BCUT2D eigenvalue weighted by molar-refractivity contribution is 5.93. The number of rotatable bonds is 19. The van der Waals surface area contributed by atoms with Gasteiger partial charge in [-0.3, -0.25) is 14.4 Å². The van der Waals surface area contributed by atoms with Gasteiger partial charge in [0.25, 0.3) is 0 Å². The number of allylic oxidation sites excluding steroid dienone is 1. The summed E-state index contributed by atoms with van der Waals surface area (Å²) in [6, 6.07) is 5.76. The molecule has 1 aliphatic carbocycles. The van der Waals surface area contributed by atoms with Crippen molar-refractivity contribution in [1.82, 2.24) is 25.9 Å². The van der Waals surface area contributed by atoms with E-state index in [9.17, 15) is 19.5 Å². The van der Waals surface area contributed by atoms with Gasteiger partial charge in [-0.1, -0.05) is 82.4 Å². The Balaban J connectivity index is 1.84. The zero-order chi connectivity index (χ0) is 36.0. The van der Waals surface area contributed by atoms with E-state index in [1.54, 1.807) is 12.4 Å². The van der Waals surface area contributed by atoms with Crippen molar-refractivity contribution < 1.29 is 24.2 Å². The van der Waals surface area contributed by atoms with Crippen LogP contribution < -0.4 is 21.7 Å².